The van der Waals surface area contributed by atoms with E-state index in [1.807, 2.05) is 5.92 Å². The van der Waals surface area contributed by atoms with Gasteiger partial charge in [0.15, 0.2) is 0 Å². The Bertz CT molecular complexity index is 439. The standard InChI is InChI=1S/C11H11F4NO3/c12-10(13)5-1-2-6-16(7-11(10,14)15)8(17)3-4-9(18)19/h2-4,6-7H2,(H,18,19). The molecule has 1 aliphatic rings. The highest BCUT2D eigenvalue weighted by Crippen LogP contribution is 2.35. The van der Waals surface area contributed by atoms with E-state index in [9.17, 15) is 27.2 Å². The van der Waals surface area contributed by atoms with Gasteiger partial charge in [-0.2, -0.15) is 17.6 Å². The summed E-state index contributed by atoms with van der Waals surface area (Å²) in [6.45, 7) is -1.69. The number of halogens is 4. The van der Waals surface area contributed by atoms with Gasteiger partial charge in [0.05, 0.1) is 13.0 Å². The second kappa shape index (κ2) is 5.47. The number of carbonyl (C=O) groups is 2. The molecule has 0 unspecified atom stereocenters. The summed E-state index contributed by atoms with van der Waals surface area (Å²) in [4.78, 5) is 22.3. The van der Waals surface area contributed by atoms with E-state index >= 15 is 0 Å². The average Bonchev–Trinajstić information content (AvgIpc) is 2.28. The first-order valence-corrected chi connectivity index (χ1v) is 5.41. The first-order valence-electron chi connectivity index (χ1n) is 5.41. The number of hydrogen-bond donors (Lipinski definition) is 1. The number of rotatable bonds is 3. The number of aliphatic carboxylic acids is 1. The van der Waals surface area contributed by atoms with Crippen molar-refractivity contribution >= 4 is 11.9 Å². The summed E-state index contributed by atoms with van der Waals surface area (Å²) in [6.07, 6.45) is -1.21. The maximum absolute atomic E-state index is 13.3. The van der Waals surface area contributed by atoms with Crippen LogP contribution in [0.5, 0.6) is 0 Å². The van der Waals surface area contributed by atoms with Crippen molar-refractivity contribution in [2.24, 2.45) is 0 Å². The van der Waals surface area contributed by atoms with Crippen molar-refractivity contribution in [3.63, 3.8) is 0 Å². The van der Waals surface area contributed by atoms with E-state index in [0.717, 1.165) is 0 Å². The Morgan fingerprint density at radius 2 is 1.84 bits per heavy atom. The van der Waals surface area contributed by atoms with Crippen LogP contribution in [-0.4, -0.2) is 46.8 Å². The molecular weight excluding hydrogens is 270 g/mol. The van der Waals surface area contributed by atoms with Crippen molar-refractivity contribution in [1.82, 2.24) is 4.90 Å². The molecule has 0 saturated carbocycles. The zero-order valence-electron chi connectivity index (χ0n) is 9.76. The monoisotopic (exact) mass is 281 g/mol. The molecule has 0 fully saturated rings. The maximum Gasteiger partial charge on any atom is 0.372 e. The number of carboxylic acids is 1. The van der Waals surface area contributed by atoms with Crippen molar-refractivity contribution in [3.05, 3.63) is 0 Å². The van der Waals surface area contributed by atoms with E-state index < -0.39 is 43.1 Å². The summed E-state index contributed by atoms with van der Waals surface area (Å²) >= 11 is 0. The lowest BCUT2D eigenvalue weighted by Crippen LogP contribution is -2.51. The van der Waals surface area contributed by atoms with Crippen LogP contribution in [0.25, 0.3) is 0 Å². The molecular formula is C11H11F4NO3. The van der Waals surface area contributed by atoms with Crippen LogP contribution < -0.4 is 0 Å². The maximum atomic E-state index is 13.3. The second-order valence-electron chi connectivity index (χ2n) is 4.04. The highest BCUT2D eigenvalue weighted by Gasteiger charge is 2.56. The molecule has 1 heterocycles. The molecule has 0 aliphatic carbocycles. The SMILES string of the molecule is O=C(O)CCC(=O)N1CCC#CC(F)(F)C(F)(F)C1. The van der Waals surface area contributed by atoms with Gasteiger partial charge in [-0.3, -0.25) is 9.59 Å². The van der Waals surface area contributed by atoms with Crippen LogP contribution in [0.15, 0.2) is 0 Å². The Balaban J connectivity index is 2.80. The van der Waals surface area contributed by atoms with E-state index in [1.54, 1.807) is 0 Å². The molecule has 0 saturated heterocycles. The zero-order valence-corrected chi connectivity index (χ0v) is 9.76. The summed E-state index contributed by atoms with van der Waals surface area (Å²) in [6, 6.07) is 0. The summed E-state index contributed by atoms with van der Waals surface area (Å²) in [7, 11) is 0. The minimum absolute atomic E-state index is 0.162. The lowest BCUT2D eigenvalue weighted by molar-refractivity contribution is -0.187. The largest absolute Gasteiger partial charge is 0.481 e. The summed E-state index contributed by atoms with van der Waals surface area (Å²) in [5.74, 6) is -8.04. The lowest BCUT2D eigenvalue weighted by atomic mass is 10.1. The number of carbonyl (C=O) groups excluding carboxylic acids is 1. The molecule has 8 heteroatoms. The predicted octanol–water partition coefficient (Wildman–Crippen LogP) is 1.36. The number of amides is 1. The first kappa shape index (κ1) is 15.3. The Morgan fingerprint density at radius 1 is 1.21 bits per heavy atom. The lowest BCUT2D eigenvalue weighted by Gasteiger charge is -2.30. The Morgan fingerprint density at radius 3 is 2.42 bits per heavy atom. The molecule has 1 N–H and O–H groups in total. The van der Waals surface area contributed by atoms with Gasteiger partial charge in [-0.1, -0.05) is 5.92 Å². The Labute approximate surface area is 106 Å². The van der Waals surface area contributed by atoms with Gasteiger partial charge in [-0.05, 0) is 5.92 Å². The predicted molar refractivity (Wildman–Crippen MR) is 55.7 cm³/mol. The summed E-state index contributed by atoms with van der Waals surface area (Å²) in [5.41, 5.74) is 0. The third-order valence-electron chi connectivity index (χ3n) is 2.51. The Hall–Kier alpha value is -1.78. The molecule has 0 bridgehead atoms. The molecule has 0 radical (unpaired) electrons. The number of alkyl halides is 4. The summed E-state index contributed by atoms with van der Waals surface area (Å²) in [5, 5.41) is 8.39. The minimum Gasteiger partial charge on any atom is -0.481 e. The van der Waals surface area contributed by atoms with Crippen LogP contribution in [0.2, 0.25) is 0 Å². The van der Waals surface area contributed by atoms with Gasteiger partial charge in [0, 0.05) is 19.4 Å². The molecule has 0 aromatic rings. The quantitative estimate of drug-likeness (QED) is 0.627. The zero-order chi connectivity index (χ0) is 14.7. The average molecular weight is 281 g/mol. The van der Waals surface area contributed by atoms with Crippen LogP contribution in [0, 0.1) is 11.8 Å². The van der Waals surface area contributed by atoms with E-state index in [1.165, 1.54) is 5.92 Å². The number of nitrogens with zero attached hydrogens (tertiary/aromatic N) is 1. The third-order valence-corrected chi connectivity index (χ3v) is 2.51. The first-order chi connectivity index (χ1) is 8.66. The van der Waals surface area contributed by atoms with Crippen LogP contribution in [0.1, 0.15) is 19.3 Å². The normalized spacial score (nSPS) is 20.7. The molecule has 1 amide bonds. The Kier molecular flexibility index (Phi) is 4.39. The van der Waals surface area contributed by atoms with Crippen LogP contribution >= 0.6 is 0 Å². The van der Waals surface area contributed by atoms with E-state index in [2.05, 4.69) is 0 Å². The third kappa shape index (κ3) is 3.84. The van der Waals surface area contributed by atoms with Crippen LogP contribution in [0.4, 0.5) is 17.6 Å². The van der Waals surface area contributed by atoms with Gasteiger partial charge < -0.3 is 10.0 Å². The molecule has 19 heavy (non-hydrogen) atoms. The fourth-order valence-electron chi connectivity index (χ4n) is 1.46. The molecule has 1 aliphatic heterocycles. The molecule has 0 aromatic carbocycles. The van der Waals surface area contributed by atoms with E-state index in [4.69, 9.17) is 5.11 Å². The number of carboxylic acid groups (broad SMARTS) is 1. The van der Waals surface area contributed by atoms with Crippen molar-refractivity contribution in [3.8, 4) is 11.8 Å². The number of hydrogen-bond acceptors (Lipinski definition) is 2. The van der Waals surface area contributed by atoms with E-state index in [0.29, 0.717) is 4.90 Å². The van der Waals surface area contributed by atoms with E-state index in [-0.39, 0.29) is 13.0 Å². The van der Waals surface area contributed by atoms with Crippen LogP contribution in [0.3, 0.4) is 0 Å². The second-order valence-corrected chi connectivity index (χ2v) is 4.04. The van der Waals surface area contributed by atoms with Crippen molar-refractivity contribution in [2.75, 3.05) is 13.1 Å². The van der Waals surface area contributed by atoms with Crippen molar-refractivity contribution in [1.29, 1.82) is 0 Å². The molecule has 4 nitrogen and oxygen atoms in total. The highest BCUT2D eigenvalue weighted by molar-refractivity contribution is 5.80. The van der Waals surface area contributed by atoms with Gasteiger partial charge in [-0.25, -0.2) is 0 Å². The van der Waals surface area contributed by atoms with Crippen LogP contribution in [-0.2, 0) is 9.59 Å². The molecule has 0 aromatic heterocycles. The van der Waals surface area contributed by atoms with Gasteiger partial charge >= 0.3 is 17.8 Å². The fourth-order valence-corrected chi connectivity index (χ4v) is 1.46. The molecule has 0 atom stereocenters. The molecule has 0 spiro atoms. The molecule has 106 valence electrons. The van der Waals surface area contributed by atoms with Gasteiger partial charge in [0.25, 0.3) is 0 Å². The topological polar surface area (TPSA) is 57.6 Å². The van der Waals surface area contributed by atoms with Gasteiger partial charge in [0.2, 0.25) is 5.91 Å². The fraction of sp³-hybridized carbons (Fsp3) is 0.636. The minimum atomic E-state index is -4.50. The molecule has 1 rings (SSSR count). The highest BCUT2D eigenvalue weighted by atomic mass is 19.3. The summed E-state index contributed by atoms with van der Waals surface area (Å²) < 4.78 is 52.6. The smallest absolute Gasteiger partial charge is 0.372 e. The van der Waals surface area contributed by atoms with Crippen molar-refractivity contribution in [2.45, 2.75) is 31.1 Å². The van der Waals surface area contributed by atoms with Gasteiger partial charge in [-0.15, -0.1) is 0 Å². The van der Waals surface area contributed by atoms with Gasteiger partial charge in [0.1, 0.15) is 0 Å². The van der Waals surface area contributed by atoms with Crippen molar-refractivity contribution < 1.29 is 32.3 Å².